The van der Waals surface area contributed by atoms with E-state index in [-0.39, 0.29) is 5.56 Å². The van der Waals surface area contributed by atoms with Gasteiger partial charge >= 0.3 is 5.97 Å². The first kappa shape index (κ1) is 22.7. The Labute approximate surface area is 197 Å². The van der Waals surface area contributed by atoms with E-state index in [2.05, 4.69) is 29.2 Å². The molecule has 0 bridgehead atoms. The average molecular weight is 459 g/mol. The molecule has 0 aliphatic rings. The molecule has 0 saturated heterocycles. The van der Waals surface area contributed by atoms with Gasteiger partial charge in [-0.25, -0.2) is 9.78 Å². The van der Waals surface area contributed by atoms with Gasteiger partial charge < -0.3 is 14.8 Å². The summed E-state index contributed by atoms with van der Waals surface area (Å²) < 4.78 is 5.70. The van der Waals surface area contributed by atoms with Crippen LogP contribution in [-0.2, 0) is 0 Å². The third kappa shape index (κ3) is 6.26. The van der Waals surface area contributed by atoms with Crippen LogP contribution in [0.15, 0.2) is 90.1 Å². The molecule has 0 saturated carbocycles. The van der Waals surface area contributed by atoms with Crippen LogP contribution in [0.25, 0.3) is 22.5 Å². The fraction of sp³-hybridized carbons (Fsp3) is 0.185. The van der Waals surface area contributed by atoms with Crippen molar-refractivity contribution in [3.8, 4) is 28.3 Å². The second kappa shape index (κ2) is 11.4. The van der Waals surface area contributed by atoms with Crippen LogP contribution in [0, 0.1) is 0 Å². The van der Waals surface area contributed by atoms with E-state index in [1.54, 1.807) is 36.0 Å². The van der Waals surface area contributed by atoms with Gasteiger partial charge in [0.1, 0.15) is 5.75 Å². The predicted octanol–water partition coefficient (Wildman–Crippen LogP) is 6.78. The van der Waals surface area contributed by atoms with Crippen LogP contribution >= 0.6 is 11.8 Å². The number of unbranched alkanes of at least 4 members (excludes halogenated alkanes) is 2. The number of benzene rings is 3. The minimum atomic E-state index is -0.928. The highest BCUT2D eigenvalue weighted by atomic mass is 32.2. The lowest BCUT2D eigenvalue weighted by atomic mass is 10.1. The number of aromatic amines is 1. The predicted molar refractivity (Wildman–Crippen MR) is 133 cm³/mol. The number of nitrogens with zero attached hydrogens (tertiary/aromatic N) is 1. The quantitative estimate of drug-likeness (QED) is 0.191. The van der Waals surface area contributed by atoms with Crippen LogP contribution in [0.2, 0.25) is 0 Å². The number of carboxylic acids is 1. The van der Waals surface area contributed by atoms with E-state index in [1.165, 1.54) is 0 Å². The molecular weight excluding hydrogens is 432 g/mol. The molecule has 33 heavy (non-hydrogen) atoms. The number of rotatable bonds is 11. The SMILES string of the molecule is O=C(O)c1ccc(OCCCCCSc2nc(-c3ccccc3)c(-c3ccccc3)[nH]2)cc1. The third-order valence-corrected chi connectivity index (χ3v) is 6.15. The van der Waals surface area contributed by atoms with Crippen molar-refractivity contribution in [1.29, 1.82) is 0 Å². The van der Waals surface area contributed by atoms with Crippen LogP contribution in [0.4, 0.5) is 0 Å². The molecule has 0 fully saturated rings. The van der Waals surface area contributed by atoms with Crippen LogP contribution in [0.1, 0.15) is 29.6 Å². The zero-order chi connectivity index (χ0) is 22.9. The molecule has 0 aliphatic heterocycles. The van der Waals surface area contributed by atoms with Crippen LogP contribution in [0.5, 0.6) is 5.75 Å². The molecule has 168 valence electrons. The van der Waals surface area contributed by atoms with Crippen molar-refractivity contribution in [1.82, 2.24) is 9.97 Å². The van der Waals surface area contributed by atoms with Crippen LogP contribution < -0.4 is 4.74 Å². The van der Waals surface area contributed by atoms with Gasteiger partial charge in [0, 0.05) is 16.9 Å². The van der Waals surface area contributed by atoms with Gasteiger partial charge in [0.05, 0.1) is 23.6 Å². The highest BCUT2D eigenvalue weighted by Gasteiger charge is 2.14. The van der Waals surface area contributed by atoms with E-state index >= 15 is 0 Å². The first-order chi connectivity index (χ1) is 16.2. The van der Waals surface area contributed by atoms with Gasteiger partial charge in [-0.2, -0.15) is 0 Å². The van der Waals surface area contributed by atoms with Crippen LogP contribution in [0.3, 0.4) is 0 Å². The van der Waals surface area contributed by atoms with Crippen LogP contribution in [-0.4, -0.2) is 33.4 Å². The summed E-state index contributed by atoms with van der Waals surface area (Å²) >= 11 is 1.74. The molecule has 0 amide bonds. The minimum Gasteiger partial charge on any atom is -0.494 e. The van der Waals surface area contributed by atoms with Crippen molar-refractivity contribution in [3.63, 3.8) is 0 Å². The van der Waals surface area contributed by atoms with Gasteiger partial charge in [0.15, 0.2) is 5.16 Å². The van der Waals surface area contributed by atoms with Crippen molar-refractivity contribution in [2.45, 2.75) is 24.4 Å². The Morgan fingerprint density at radius 1 is 0.848 bits per heavy atom. The van der Waals surface area contributed by atoms with Gasteiger partial charge in [-0.1, -0.05) is 72.4 Å². The molecule has 0 atom stereocenters. The second-order valence-electron chi connectivity index (χ2n) is 7.58. The summed E-state index contributed by atoms with van der Waals surface area (Å²) in [6.45, 7) is 0.619. The highest BCUT2D eigenvalue weighted by Crippen LogP contribution is 2.32. The van der Waals surface area contributed by atoms with Crippen molar-refractivity contribution in [2.24, 2.45) is 0 Å². The Morgan fingerprint density at radius 2 is 1.52 bits per heavy atom. The molecule has 4 aromatic rings. The lowest BCUT2D eigenvalue weighted by Gasteiger charge is -2.06. The molecule has 0 unspecified atom stereocenters. The molecule has 2 N–H and O–H groups in total. The normalized spacial score (nSPS) is 10.8. The van der Waals surface area contributed by atoms with Gasteiger partial charge in [-0.3, -0.25) is 0 Å². The molecule has 1 heterocycles. The Kier molecular flexibility index (Phi) is 7.82. The molecule has 0 spiro atoms. The zero-order valence-corrected chi connectivity index (χ0v) is 19.1. The second-order valence-corrected chi connectivity index (χ2v) is 8.67. The third-order valence-electron chi connectivity index (χ3n) is 5.19. The lowest BCUT2D eigenvalue weighted by molar-refractivity contribution is 0.0697. The monoisotopic (exact) mass is 458 g/mol. The molecular formula is C27H26N2O3S. The number of imidazole rings is 1. The first-order valence-corrected chi connectivity index (χ1v) is 12.0. The van der Waals surface area contributed by atoms with Crippen molar-refractivity contribution < 1.29 is 14.6 Å². The van der Waals surface area contributed by atoms with Crippen molar-refractivity contribution in [3.05, 3.63) is 90.5 Å². The highest BCUT2D eigenvalue weighted by molar-refractivity contribution is 7.99. The average Bonchev–Trinajstić information content (AvgIpc) is 3.29. The van der Waals surface area contributed by atoms with Gasteiger partial charge in [-0.05, 0) is 43.5 Å². The summed E-state index contributed by atoms with van der Waals surface area (Å²) in [5, 5.41) is 9.87. The van der Waals surface area contributed by atoms with Gasteiger partial charge in [0.2, 0.25) is 0 Å². The first-order valence-electron chi connectivity index (χ1n) is 11.0. The Balaban J connectivity index is 1.26. The summed E-state index contributed by atoms with van der Waals surface area (Å²) in [4.78, 5) is 19.3. The lowest BCUT2D eigenvalue weighted by Crippen LogP contribution is -1.99. The van der Waals surface area contributed by atoms with E-state index in [9.17, 15) is 4.79 Å². The van der Waals surface area contributed by atoms with Crippen molar-refractivity contribution >= 4 is 17.7 Å². The van der Waals surface area contributed by atoms with E-state index in [0.717, 1.165) is 52.7 Å². The molecule has 3 aromatic carbocycles. The maximum Gasteiger partial charge on any atom is 0.335 e. The summed E-state index contributed by atoms with van der Waals surface area (Å²) in [5.74, 6) is 0.748. The molecule has 0 aliphatic carbocycles. The number of thioether (sulfide) groups is 1. The maximum atomic E-state index is 10.9. The Bertz CT molecular complexity index is 1100. The summed E-state index contributed by atoms with van der Waals surface area (Å²) in [5.41, 5.74) is 4.53. The zero-order valence-electron chi connectivity index (χ0n) is 18.2. The molecule has 4 rings (SSSR count). The van der Waals surface area contributed by atoms with E-state index < -0.39 is 5.97 Å². The van der Waals surface area contributed by atoms with E-state index in [1.807, 2.05) is 36.4 Å². The van der Waals surface area contributed by atoms with E-state index in [4.69, 9.17) is 14.8 Å². The standard InChI is InChI=1S/C27H26N2O3S/c30-26(31)22-14-16-23(17-15-22)32-18-8-3-9-19-33-27-28-24(20-10-4-1-5-11-20)25(29-27)21-12-6-2-7-13-21/h1-2,4-7,10-17H,3,8-9,18-19H2,(H,28,29)(H,30,31). The topological polar surface area (TPSA) is 75.2 Å². The maximum absolute atomic E-state index is 10.9. The fourth-order valence-corrected chi connectivity index (χ4v) is 4.34. The van der Waals surface area contributed by atoms with Gasteiger partial charge in [0.25, 0.3) is 0 Å². The Morgan fingerprint density at radius 3 is 2.18 bits per heavy atom. The van der Waals surface area contributed by atoms with Crippen molar-refractivity contribution in [2.75, 3.05) is 12.4 Å². The summed E-state index contributed by atoms with van der Waals surface area (Å²) in [7, 11) is 0. The summed E-state index contributed by atoms with van der Waals surface area (Å²) in [6, 6.07) is 27.1. The number of hydrogen-bond acceptors (Lipinski definition) is 4. The largest absolute Gasteiger partial charge is 0.494 e. The number of aromatic carboxylic acids is 1. The Hall–Kier alpha value is -3.51. The summed E-state index contributed by atoms with van der Waals surface area (Å²) in [6.07, 6.45) is 3.07. The molecule has 0 radical (unpaired) electrons. The molecule has 1 aromatic heterocycles. The van der Waals surface area contributed by atoms with E-state index in [0.29, 0.717) is 12.4 Å². The number of aromatic nitrogens is 2. The number of hydrogen-bond donors (Lipinski definition) is 2. The number of nitrogens with one attached hydrogen (secondary N) is 1. The number of H-pyrrole nitrogens is 1. The number of ether oxygens (including phenoxy) is 1. The number of carbonyl (C=O) groups is 1. The fourth-order valence-electron chi connectivity index (χ4n) is 3.47. The minimum absolute atomic E-state index is 0.267. The smallest absolute Gasteiger partial charge is 0.335 e. The molecule has 5 nitrogen and oxygen atoms in total. The van der Waals surface area contributed by atoms with Gasteiger partial charge in [-0.15, -0.1) is 0 Å². The molecule has 6 heteroatoms. The number of carboxylic acid groups (broad SMARTS) is 1.